The Hall–Kier alpha value is -2.02. The standard InChI is InChI=1S/C15H21N3O/c1-11(2)10-18-14(19)7-8-17-15-12(3)5-4-6-13(15)9-16/h4-6,11,17H,7-8,10H2,1-3H3,(H,18,19). The van der Waals surface area contributed by atoms with Crippen LogP contribution in [0.4, 0.5) is 5.69 Å². The van der Waals surface area contributed by atoms with Crippen LogP contribution in [0.25, 0.3) is 0 Å². The van der Waals surface area contributed by atoms with E-state index in [1.54, 1.807) is 6.07 Å². The highest BCUT2D eigenvalue weighted by atomic mass is 16.1. The lowest BCUT2D eigenvalue weighted by molar-refractivity contribution is -0.120. The van der Waals surface area contributed by atoms with Crippen LogP contribution in [0.15, 0.2) is 18.2 Å². The number of para-hydroxylation sites is 1. The van der Waals surface area contributed by atoms with E-state index in [4.69, 9.17) is 5.26 Å². The van der Waals surface area contributed by atoms with Crippen LogP contribution in [0, 0.1) is 24.2 Å². The molecular formula is C15H21N3O. The number of nitriles is 1. The first-order chi connectivity index (χ1) is 9.04. The minimum atomic E-state index is 0.0355. The van der Waals surface area contributed by atoms with Gasteiger partial charge in [-0.2, -0.15) is 5.26 Å². The fourth-order valence-electron chi connectivity index (χ4n) is 1.70. The molecule has 1 aromatic carbocycles. The van der Waals surface area contributed by atoms with E-state index in [1.165, 1.54) is 0 Å². The third-order valence-corrected chi connectivity index (χ3v) is 2.75. The first-order valence-corrected chi connectivity index (χ1v) is 6.55. The van der Waals surface area contributed by atoms with E-state index < -0.39 is 0 Å². The van der Waals surface area contributed by atoms with E-state index in [0.29, 0.717) is 31.0 Å². The van der Waals surface area contributed by atoms with Crippen molar-refractivity contribution in [3.63, 3.8) is 0 Å². The van der Waals surface area contributed by atoms with Gasteiger partial charge in [0.05, 0.1) is 11.3 Å². The van der Waals surface area contributed by atoms with Crippen LogP contribution in [0.3, 0.4) is 0 Å². The summed E-state index contributed by atoms with van der Waals surface area (Å²) in [5, 5.41) is 15.1. The van der Waals surface area contributed by atoms with Gasteiger partial charge in [-0.3, -0.25) is 4.79 Å². The molecule has 1 amide bonds. The van der Waals surface area contributed by atoms with E-state index in [9.17, 15) is 4.79 Å². The minimum absolute atomic E-state index is 0.0355. The van der Waals surface area contributed by atoms with Crippen molar-refractivity contribution in [2.75, 3.05) is 18.4 Å². The molecule has 0 saturated heterocycles. The lowest BCUT2D eigenvalue weighted by atomic mass is 10.1. The number of nitrogens with one attached hydrogen (secondary N) is 2. The SMILES string of the molecule is Cc1cccc(C#N)c1NCCC(=O)NCC(C)C. The fraction of sp³-hybridized carbons (Fsp3) is 0.467. The summed E-state index contributed by atoms with van der Waals surface area (Å²) in [7, 11) is 0. The van der Waals surface area contributed by atoms with Gasteiger partial charge in [-0.15, -0.1) is 0 Å². The zero-order chi connectivity index (χ0) is 14.3. The van der Waals surface area contributed by atoms with Gasteiger partial charge in [0.1, 0.15) is 6.07 Å². The van der Waals surface area contributed by atoms with E-state index in [2.05, 4.69) is 30.6 Å². The number of rotatable bonds is 6. The second-order valence-corrected chi connectivity index (χ2v) is 4.98. The molecule has 0 aliphatic carbocycles. The average molecular weight is 259 g/mol. The number of carbonyl (C=O) groups excluding carboxylic acids is 1. The number of nitrogens with zero attached hydrogens (tertiary/aromatic N) is 1. The monoisotopic (exact) mass is 259 g/mol. The molecule has 102 valence electrons. The van der Waals surface area contributed by atoms with Crippen molar-refractivity contribution in [3.8, 4) is 6.07 Å². The Morgan fingerprint density at radius 3 is 2.79 bits per heavy atom. The van der Waals surface area contributed by atoms with Gasteiger partial charge < -0.3 is 10.6 Å². The van der Waals surface area contributed by atoms with Gasteiger partial charge in [-0.1, -0.05) is 26.0 Å². The molecule has 0 heterocycles. The molecule has 0 radical (unpaired) electrons. The normalized spacial score (nSPS) is 10.1. The zero-order valence-corrected chi connectivity index (χ0v) is 11.8. The number of hydrogen-bond donors (Lipinski definition) is 2. The Morgan fingerprint density at radius 1 is 1.42 bits per heavy atom. The Balaban J connectivity index is 2.46. The molecule has 1 rings (SSSR count). The average Bonchev–Trinajstić information content (AvgIpc) is 2.38. The molecule has 4 heteroatoms. The summed E-state index contributed by atoms with van der Waals surface area (Å²) in [4.78, 5) is 11.6. The van der Waals surface area contributed by atoms with Crippen LogP contribution < -0.4 is 10.6 Å². The van der Waals surface area contributed by atoms with Crippen molar-refractivity contribution in [3.05, 3.63) is 29.3 Å². The van der Waals surface area contributed by atoms with Crippen LogP contribution in [0.2, 0.25) is 0 Å². The molecule has 0 spiro atoms. The number of carbonyl (C=O) groups is 1. The molecule has 0 atom stereocenters. The molecule has 0 aliphatic heterocycles. The summed E-state index contributed by atoms with van der Waals surface area (Å²) in [5.74, 6) is 0.492. The summed E-state index contributed by atoms with van der Waals surface area (Å²) >= 11 is 0. The van der Waals surface area contributed by atoms with Crippen molar-refractivity contribution < 1.29 is 4.79 Å². The zero-order valence-electron chi connectivity index (χ0n) is 11.8. The van der Waals surface area contributed by atoms with Gasteiger partial charge in [0, 0.05) is 19.5 Å². The number of amides is 1. The maximum atomic E-state index is 11.6. The van der Waals surface area contributed by atoms with Crippen LogP contribution in [0.1, 0.15) is 31.4 Å². The molecule has 0 aliphatic rings. The molecule has 0 saturated carbocycles. The highest BCUT2D eigenvalue weighted by Gasteiger charge is 2.06. The highest BCUT2D eigenvalue weighted by Crippen LogP contribution is 2.19. The number of hydrogen-bond acceptors (Lipinski definition) is 3. The van der Waals surface area contributed by atoms with Crippen molar-refractivity contribution in [2.24, 2.45) is 5.92 Å². The third-order valence-electron chi connectivity index (χ3n) is 2.75. The van der Waals surface area contributed by atoms with Crippen LogP contribution in [-0.2, 0) is 4.79 Å². The molecule has 19 heavy (non-hydrogen) atoms. The molecular weight excluding hydrogens is 238 g/mol. The third kappa shape index (κ3) is 5.01. The molecule has 4 nitrogen and oxygen atoms in total. The smallest absolute Gasteiger partial charge is 0.221 e. The highest BCUT2D eigenvalue weighted by molar-refractivity contribution is 5.76. The summed E-state index contributed by atoms with van der Waals surface area (Å²) in [6.07, 6.45) is 0.409. The molecule has 0 unspecified atom stereocenters. The molecule has 0 aromatic heterocycles. The maximum absolute atomic E-state index is 11.6. The fourth-order valence-corrected chi connectivity index (χ4v) is 1.70. The first-order valence-electron chi connectivity index (χ1n) is 6.55. The molecule has 0 bridgehead atoms. The summed E-state index contributed by atoms with van der Waals surface area (Å²) in [6.45, 7) is 7.30. The topological polar surface area (TPSA) is 64.9 Å². The van der Waals surface area contributed by atoms with Gasteiger partial charge in [-0.05, 0) is 24.5 Å². The van der Waals surface area contributed by atoms with Gasteiger partial charge in [-0.25, -0.2) is 0 Å². The lowest BCUT2D eigenvalue weighted by Gasteiger charge is -2.12. The van der Waals surface area contributed by atoms with Gasteiger partial charge >= 0.3 is 0 Å². The lowest BCUT2D eigenvalue weighted by Crippen LogP contribution is -2.28. The van der Waals surface area contributed by atoms with Crippen molar-refractivity contribution in [2.45, 2.75) is 27.2 Å². The maximum Gasteiger partial charge on any atom is 0.221 e. The minimum Gasteiger partial charge on any atom is -0.383 e. The van der Waals surface area contributed by atoms with Gasteiger partial charge in [0.25, 0.3) is 0 Å². The van der Waals surface area contributed by atoms with Gasteiger partial charge in [0.15, 0.2) is 0 Å². The molecule has 1 aromatic rings. The summed E-state index contributed by atoms with van der Waals surface area (Å²) in [5.41, 5.74) is 2.45. The van der Waals surface area contributed by atoms with E-state index >= 15 is 0 Å². The number of anilines is 1. The van der Waals surface area contributed by atoms with Crippen LogP contribution >= 0.6 is 0 Å². The summed E-state index contributed by atoms with van der Waals surface area (Å²) < 4.78 is 0. The number of benzene rings is 1. The van der Waals surface area contributed by atoms with Crippen LogP contribution in [0.5, 0.6) is 0 Å². The van der Waals surface area contributed by atoms with E-state index in [1.807, 2.05) is 19.1 Å². The van der Waals surface area contributed by atoms with Crippen LogP contribution in [-0.4, -0.2) is 19.0 Å². The second-order valence-electron chi connectivity index (χ2n) is 4.98. The first kappa shape index (κ1) is 15.0. The van der Waals surface area contributed by atoms with Gasteiger partial charge in [0.2, 0.25) is 5.91 Å². The Bertz CT molecular complexity index is 475. The quantitative estimate of drug-likeness (QED) is 0.824. The van der Waals surface area contributed by atoms with Crippen molar-refractivity contribution in [1.29, 1.82) is 5.26 Å². The predicted molar refractivity (Wildman–Crippen MR) is 76.8 cm³/mol. The summed E-state index contributed by atoms with van der Waals surface area (Å²) in [6, 6.07) is 7.73. The predicted octanol–water partition coefficient (Wildman–Crippen LogP) is 2.44. The van der Waals surface area contributed by atoms with Crippen molar-refractivity contribution in [1.82, 2.24) is 5.32 Å². The van der Waals surface area contributed by atoms with E-state index in [0.717, 1.165) is 11.3 Å². The second kappa shape index (κ2) is 7.42. The molecule has 2 N–H and O–H groups in total. The number of aryl methyl sites for hydroxylation is 1. The Kier molecular flexibility index (Phi) is 5.87. The van der Waals surface area contributed by atoms with E-state index in [-0.39, 0.29) is 5.91 Å². The largest absolute Gasteiger partial charge is 0.383 e. The molecule has 0 fully saturated rings. The Labute approximate surface area is 114 Å². The Morgan fingerprint density at radius 2 is 2.16 bits per heavy atom. The van der Waals surface area contributed by atoms with Crippen molar-refractivity contribution >= 4 is 11.6 Å².